The second-order valence-corrected chi connectivity index (χ2v) is 4.45. The first-order valence-corrected chi connectivity index (χ1v) is 5.32. The highest BCUT2D eigenvalue weighted by Gasteiger charge is 2.22. The predicted octanol–water partition coefficient (Wildman–Crippen LogP) is 3.47. The van der Waals surface area contributed by atoms with Crippen molar-refractivity contribution in [3.8, 4) is 0 Å². The molecule has 4 heteroatoms. The van der Waals surface area contributed by atoms with Crippen LogP contribution in [0.1, 0.15) is 18.9 Å². The van der Waals surface area contributed by atoms with Crippen molar-refractivity contribution in [1.82, 2.24) is 0 Å². The monoisotopic (exact) mass is 261 g/mol. The summed E-state index contributed by atoms with van der Waals surface area (Å²) in [5, 5.41) is 3.14. The Morgan fingerprint density at radius 3 is 2.93 bits per heavy atom. The molecule has 0 aliphatic carbocycles. The molecule has 1 atom stereocenters. The Morgan fingerprint density at radius 1 is 1.50 bits per heavy atom. The zero-order valence-corrected chi connectivity index (χ0v) is 9.29. The molecule has 2 rings (SSSR count). The van der Waals surface area contributed by atoms with Crippen molar-refractivity contribution in [1.29, 1.82) is 0 Å². The largest absolute Gasteiger partial charge is 0.381 e. The number of hydrogen-bond acceptors (Lipinski definition) is 1. The molecule has 1 aliphatic rings. The maximum Gasteiger partial charge on any atom is 0.164 e. The van der Waals surface area contributed by atoms with Crippen molar-refractivity contribution < 1.29 is 8.78 Å². The third-order valence-corrected chi connectivity index (χ3v) is 3.11. The lowest BCUT2D eigenvalue weighted by atomic mass is 9.98. The second-order valence-electron chi connectivity index (χ2n) is 3.59. The number of benzene rings is 1. The smallest absolute Gasteiger partial charge is 0.164 e. The minimum atomic E-state index is -0.785. The maximum atomic E-state index is 13.4. The van der Waals surface area contributed by atoms with Crippen LogP contribution in [0.25, 0.3) is 0 Å². The Labute approximate surface area is 89.6 Å². The van der Waals surface area contributed by atoms with E-state index in [0.717, 1.165) is 6.42 Å². The molecule has 0 fully saturated rings. The average molecular weight is 262 g/mol. The van der Waals surface area contributed by atoms with Crippen molar-refractivity contribution in [2.45, 2.75) is 25.8 Å². The molecule has 1 N–H and O–H groups in total. The Morgan fingerprint density at radius 2 is 2.21 bits per heavy atom. The molecule has 0 saturated heterocycles. The lowest BCUT2D eigenvalue weighted by Gasteiger charge is -2.25. The summed E-state index contributed by atoms with van der Waals surface area (Å²) in [6.07, 6.45) is 1.42. The van der Waals surface area contributed by atoms with Gasteiger partial charge in [-0.2, -0.15) is 0 Å². The molecule has 0 aromatic heterocycles. The van der Waals surface area contributed by atoms with Crippen LogP contribution in [0.5, 0.6) is 0 Å². The molecule has 1 heterocycles. The van der Waals surface area contributed by atoms with Gasteiger partial charge in [0, 0.05) is 16.1 Å². The molecule has 1 aromatic rings. The molecule has 76 valence electrons. The fourth-order valence-electron chi connectivity index (χ4n) is 1.72. The molecule has 0 unspecified atom stereocenters. The van der Waals surface area contributed by atoms with E-state index in [2.05, 4.69) is 21.2 Å². The van der Waals surface area contributed by atoms with Crippen LogP contribution in [0.2, 0.25) is 0 Å². The minimum absolute atomic E-state index is 0.309. The van der Waals surface area contributed by atoms with Crippen LogP contribution in [-0.4, -0.2) is 6.04 Å². The first kappa shape index (κ1) is 9.90. The Balaban J connectivity index is 2.57. The van der Waals surface area contributed by atoms with E-state index in [1.807, 2.05) is 6.92 Å². The van der Waals surface area contributed by atoms with Crippen LogP contribution in [0.4, 0.5) is 14.5 Å². The molecule has 0 amide bonds. The summed E-state index contributed by atoms with van der Waals surface area (Å²) in [6, 6.07) is 1.47. The molecular weight excluding hydrogens is 252 g/mol. The fraction of sp³-hybridized carbons (Fsp3) is 0.400. The van der Waals surface area contributed by atoms with E-state index in [-0.39, 0.29) is 0 Å². The number of anilines is 1. The van der Waals surface area contributed by atoms with Gasteiger partial charge in [-0.25, -0.2) is 8.78 Å². The Bertz CT molecular complexity index is 379. The van der Waals surface area contributed by atoms with Gasteiger partial charge in [0.1, 0.15) is 0 Å². The number of fused-ring (bicyclic) bond motifs is 1. The maximum absolute atomic E-state index is 13.4. The van der Waals surface area contributed by atoms with Gasteiger partial charge in [0.05, 0.1) is 5.69 Å². The summed E-state index contributed by atoms with van der Waals surface area (Å²) in [4.78, 5) is 0. The summed E-state index contributed by atoms with van der Waals surface area (Å²) < 4.78 is 27.0. The molecule has 0 saturated carbocycles. The summed E-state index contributed by atoms with van der Waals surface area (Å²) in [6.45, 7) is 2.02. The highest BCUT2D eigenvalue weighted by molar-refractivity contribution is 9.10. The van der Waals surface area contributed by atoms with Crippen molar-refractivity contribution in [2.75, 3.05) is 5.32 Å². The topological polar surface area (TPSA) is 12.0 Å². The van der Waals surface area contributed by atoms with E-state index >= 15 is 0 Å². The first-order chi connectivity index (χ1) is 6.59. The SMILES string of the molecule is C[C@H]1CCc2c(F)c(F)cc(Br)c2N1. The number of halogens is 3. The lowest BCUT2D eigenvalue weighted by molar-refractivity contribution is 0.491. The van der Waals surface area contributed by atoms with Crippen LogP contribution in [0.15, 0.2) is 10.5 Å². The van der Waals surface area contributed by atoms with Crippen molar-refractivity contribution in [2.24, 2.45) is 0 Å². The van der Waals surface area contributed by atoms with Crippen molar-refractivity contribution >= 4 is 21.6 Å². The van der Waals surface area contributed by atoms with Gasteiger partial charge in [-0.05, 0) is 41.8 Å². The molecule has 0 radical (unpaired) electrons. The van der Waals surface area contributed by atoms with E-state index in [9.17, 15) is 8.78 Å². The third-order valence-electron chi connectivity index (χ3n) is 2.49. The summed E-state index contributed by atoms with van der Waals surface area (Å²) in [5.41, 5.74) is 1.15. The van der Waals surface area contributed by atoms with Gasteiger partial charge < -0.3 is 5.32 Å². The van der Waals surface area contributed by atoms with E-state index in [1.165, 1.54) is 6.07 Å². The van der Waals surface area contributed by atoms with Gasteiger partial charge in [-0.3, -0.25) is 0 Å². The van der Waals surface area contributed by atoms with E-state index in [1.54, 1.807) is 0 Å². The summed E-state index contributed by atoms with van der Waals surface area (Å²) >= 11 is 3.23. The third kappa shape index (κ3) is 1.52. The molecule has 1 nitrogen and oxygen atoms in total. The zero-order chi connectivity index (χ0) is 10.3. The number of rotatable bonds is 0. The molecule has 0 spiro atoms. The lowest BCUT2D eigenvalue weighted by Crippen LogP contribution is -2.23. The predicted molar refractivity (Wildman–Crippen MR) is 55.5 cm³/mol. The van der Waals surface area contributed by atoms with Crippen LogP contribution in [-0.2, 0) is 6.42 Å². The summed E-state index contributed by atoms with van der Waals surface area (Å²) in [7, 11) is 0. The number of hydrogen-bond donors (Lipinski definition) is 1. The van der Waals surface area contributed by atoms with Crippen molar-refractivity contribution in [3.63, 3.8) is 0 Å². The van der Waals surface area contributed by atoms with Gasteiger partial charge in [0.15, 0.2) is 11.6 Å². The molecule has 0 bridgehead atoms. The van der Waals surface area contributed by atoms with Crippen molar-refractivity contribution in [3.05, 3.63) is 27.7 Å². The van der Waals surface area contributed by atoms with Gasteiger partial charge in [0.25, 0.3) is 0 Å². The summed E-state index contributed by atoms with van der Waals surface area (Å²) in [5.74, 6) is -1.51. The van der Waals surface area contributed by atoms with Crippen LogP contribution < -0.4 is 5.32 Å². The van der Waals surface area contributed by atoms with Crippen LogP contribution in [0.3, 0.4) is 0 Å². The van der Waals surface area contributed by atoms with Gasteiger partial charge in [-0.1, -0.05) is 0 Å². The van der Waals surface area contributed by atoms with Gasteiger partial charge >= 0.3 is 0 Å². The second kappa shape index (κ2) is 3.50. The van der Waals surface area contributed by atoms with Gasteiger partial charge in [0.2, 0.25) is 0 Å². The molecule has 1 aliphatic heterocycles. The van der Waals surface area contributed by atoms with E-state index in [0.29, 0.717) is 28.2 Å². The van der Waals surface area contributed by atoms with E-state index in [4.69, 9.17) is 0 Å². The zero-order valence-electron chi connectivity index (χ0n) is 7.70. The average Bonchev–Trinajstić information content (AvgIpc) is 2.14. The fourth-order valence-corrected chi connectivity index (χ4v) is 2.27. The highest BCUT2D eigenvalue weighted by Crippen LogP contribution is 2.35. The first-order valence-electron chi connectivity index (χ1n) is 4.52. The Kier molecular flexibility index (Phi) is 2.47. The molecule has 1 aromatic carbocycles. The molecular formula is C10H10BrF2N. The normalized spacial score (nSPS) is 20.1. The van der Waals surface area contributed by atoms with Crippen LogP contribution in [0, 0.1) is 11.6 Å². The van der Waals surface area contributed by atoms with Gasteiger partial charge in [-0.15, -0.1) is 0 Å². The standard InChI is InChI=1S/C10H10BrF2N/c1-5-2-3-6-9(13)8(12)4-7(11)10(6)14-5/h4-5,14H,2-3H2,1H3/t5-/m0/s1. The quantitative estimate of drug-likeness (QED) is 0.706. The number of nitrogens with one attached hydrogen (secondary N) is 1. The van der Waals surface area contributed by atoms with Crippen LogP contribution >= 0.6 is 15.9 Å². The Hall–Kier alpha value is -0.640. The molecule has 14 heavy (non-hydrogen) atoms. The van der Waals surface area contributed by atoms with E-state index < -0.39 is 11.6 Å². The minimum Gasteiger partial charge on any atom is -0.381 e. The highest BCUT2D eigenvalue weighted by atomic mass is 79.9.